The molecule has 0 radical (unpaired) electrons. The van der Waals surface area contributed by atoms with Gasteiger partial charge in [0, 0.05) is 31.3 Å². The van der Waals surface area contributed by atoms with Crippen molar-refractivity contribution < 1.29 is 14.0 Å². The lowest BCUT2D eigenvalue weighted by Crippen LogP contribution is -2.44. The number of aromatic nitrogens is 1. The van der Waals surface area contributed by atoms with Gasteiger partial charge in [0.1, 0.15) is 11.9 Å². The van der Waals surface area contributed by atoms with Crippen LogP contribution in [0, 0.1) is 11.7 Å². The van der Waals surface area contributed by atoms with E-state index in [-0.39, 0.29) is 36.1 Å². The Morgan fingerprint density at radius 2 is 1.87 bits per heavy atom. The quantitative estimate of drug-likeness (QED) is 0.817. The summed E-state index contributed by atoms with van der Waals surface area (Å²) in [6.07, 6.45) is 3.86. The van der Waals surface area contributed by atoms with Gasteiger partial charge < -0.3 is 10.3 Å². The van der Waals surface area contributed by atoms with E-state index < -0.39 is 0 Å². The number of halogens is 1. The second-order valence-electron chi connectivity index (χ2n) is 8.01. The van der Waals surface area contributed by atoms with Crippen LogP contribution in [0.4, 0.5) is 4.39 Å². The van der Waals surface area contributed by atoms with Crippen LogP contribution in [0.2, 0.25) is 0 Å². The van der Waals surface area contributed by atoms with E-state index in [4.69, 9.17) is 5.73 Å². The van der Waals surface area contributed by atoms with Gasteiger partial charge in [-0.25, -0.2) is 9.40 Å². The molecule has 2 aliphatic heterocycles. The number of rotatable bonds is 5. The number of hydrogen-bond acceptors (Lipinski definition) is 4. The first-order valence-corrected chi connectivity index (χ1v) is 10.2. The Bertz CT molecular complexity index is 960. The lowest BCUT2D eigenvalue weighted by atomic mass is 9.96. The Kier molecular flexibility index (Phi) is 5.67. The van der Waals surface area contributed by atoms with E-state index in [1.807, 2.05) is 29.9 Å². The molecule has 0 aliphatic carbocycles. The third-order valence-corrected chi connectivity index (χ3v) is 6.02. The standard InChI is InChI=1S/C22H26FN5O2/c1-26-10-2-3-19(26)20-13-18(15-4-6-17(23)7-5-15)25-28(20)21(29)14-27-11-8-16(9-12-27)22(24)30/h2-7,10,16,20H,8-9,11-14H2,1H3,(H2,24,30)/t20-/m1/s1. The van der Waals surface area contributed by atoms with Crippen LogP contribution in [0.5, 0.6) is 0 Å². The molecular formula is C22H26FN5O2. The molecule has 7 nitrogen and oxygen atoms in total. The average molecular weight is 411 g/mol. The van der Waals surface area contributed by atoms with Gasteiger partial charge in [-0.15, -0.1) is 0 Å². The maximum atomic E-state index is 13.3. The number of nitrogens with two attached hydrogens (primary N) is 1. The van der Waals surface area contributed by atoms with E-state index in [1.165, 1.54) is 12.1 Å². The van der Waals surface area contributed by atoms with Crippen LogP contribution < -0.4 is 5.73 Å². The van der Waals surface area contributed by atoms with Crippen LogP contribution in [0.3, 0.4) is 0 Å². The third kappa shape index (κ3) is 4.14. The number of nitrogens with zero attached hydrogens (tertiary/aromatic N) is 4. The van der Waals surface area contributed by atoms with Gasteiger partial charge in [-0.2, -0.15) is 5.10 Å². The zero-order valence-electron chi connectivity index (χ0n) is 17.0. The predicted octanol–water partition coefficient (Wildman–Crippen LogP) is 2.04. The summed E-state index contributed by atoms with van der Waals surface area (Å²) in [6, 6.07) is 9.93. The van der Waals surface area contributed by atoms with Gasteiger partial charge in [0.15, 0.2) is 0 Å². The molecule has 4 rings (SSSR count). The van der Waals surface area contributed by atoms with Gasteiger partial charge in [0.05, 0.1) is 12.3 Å². The smallest absolute Gasteiger partial charge is 0.257 e. The van der Waals surface area contributed by atoms with E-state index in [0.29, 0.717) is 32.4 Å². The monoisotopic (exact) mass is 411 g/mol. The first-order chi connectivity index (χ1) is 14.4. The van der Waals surface area contributed by atoms with Crippen LogP contribution in [0.15, 0.2) is 47.7 Å². The molecule has 8 heteroatoms. The number of carbonyl (C=O) groups is 2. The molecule has 0 bridgehead atoms. The number of primary amides is 1. The number of likely N-dealkylation sites (tertiary alicyclic amines) is 1. The highest BCUT2D eigenvalue weighted by atomic mass is 19.1. The van der Waals surface area contributed by atoms with Crippen LogP contribution in [-0.4, -0.2) is 51.6 Å². The van der Waals surface area contributed by atoms with Crippen molar-refractivity contribution in [3.63, 3.8) is 0 Å². The van der Waals surface area contributed by atoms with Gasteiger partial charge in [0.25, 0.3) is 5.91 Å². The summed E-state index contributed by atoms with van der Waals surface area (Å²) in [5.41, 5.74) is 7.98. The van der Waals surface area contributed by atoms with Crippen LogP contribution >= 0.6 is 0 Å². The van der Waals surface area contributed by atoms with E-state index in [1.54, 1.807) is 17.1 Å². The second kappa shape index (κ2) is 8.39. The number of amides is 2. The minimum Gasteiger partial charge on any atom is -0.369 e. The van der Waals surface area contributed by atoms with Crippen LogP contribution in [-0.2, 0) is 16.6 Å². The third-order valence-electron chi connectivity index (χ3n) is 6.02. The lowest BCUT2D eigenvalue weighted by molar-refractivity contribution is -0.134. The molecule has 3 heterocycles. The molecule has 2 amide bonds. The first kappa shape index (κ1) is 20.3. The normalized spacial score (nSPS) is 20.4. The van der Waals surface area contributed by atoms with Crippen molar-refractivity contribution in [1.29, 1.82) is 0 Å². The molecule has 2 aromatic rings. The summed E-state index contributed by atoms with van der Waals surface area (Å²) in [5, 5.41) is 6.20. The predicted molar refractivity (Wildman–Crippen MR) is 111 cm³/mol. The Balaban J connectivity index is 1.52. The molecule has 2 aliphatic rings. The van der Waals surface area contributed by atoms with Gasteiger partial charge in [-0.1, -0.05) is 12.1 Å². The highest BCUT2D eigenvalue weighted by molar-refractivity contribution is 6.03. The molecule has 1 aromatic carbocycles. The summed E-state index contributed by atoms with van der Waals surface area (Å²) in [6.45, 7) is 1.57. The molecule has 158 valence electrons. The van der Waals surface area contributed by atoms with Gasteiger partial charge in [0.2, 0.25) is 5.91 Å². The molecule has 1 aromatic heterocycles. The second-order valence-corrected chi connectivity index (χ2v) is 8.01. The fourth-order valence-corrected chi connectivity index (χ4v) is 4.25. The summed E-state index contributed by atoms with van der Waals surface area (Å²) in [7, 11) is 1.95. The zero-order chi connectivity index (χ0) is 21.3. The molecule has 0 unspecified atom stereocenters. The molecule has 2 N–H and O–H groups in total. The number of carbonyl (C=O) groups excluding carboxylic acids is 2. The minimum atomic E-state index is -0.302. The molecule has 30 heavy (non-hydrogen) atoms. The SMILES string of the molecule is Cn1cccc1[C@H]1CC(c2ccc(F)cc2)=NN1C(=O)CN1CCC(C(N)=O)CC1. The Labute approximate surface area is 174 Å². The van der Waals surface area contributed by atoms with Gasteiger partial charge in [-0.05, 0) is 55.8 Å². The summed E-state index contributed by atoms with van der Waals surface area (Å²) in [4.78, 5) is 26.6. The fraction of sp³-hybridized carbons (Fsp3) is 0.409. The molecular weight excluding hydrogens is 385 g/mol. The van der Waals surface area contributed by atoms with E-state index in [9.17, 15) is 14.0 Å². The lowest BCUT2D eigenvalue weighted by Gasteiger charge is -2.31. The van der Waals surface area contributed by atoms with E-state index >= 15 is 0 Å². The van der Waals surface area contributed by atoms with Crippen molar-refractivity contribution in [3.05, 3.63) is 59.7 Å². The van der Waals surface area contributed by atoms with Crippen molar-refractivity contribution in [2.75, 3.05) is 19.6 Å². The Morgan fingerprint density at radius 1 is 1.17 bits per heavy atom. The highest BCUT2D eigenvalue weighted by Crippen LogP contribution is 2.33. The van der Waals surface area contributed by atoms with Gasteiger partial charge >= 0.3 is 0 Å². The summed E-state index contributed by atoms with van der Waals surface area (Å²) in [5.74, 6) is -0.764. The van der Waals surface area contributed by atoms with E-state index in [0.717, 1.165) is 17.0 Å². The number of aryl methyl sites for hydroxylation is 1. The minimum absolute atomic E-state index is 0.0872. The van der Waals surface area contributed by atoms with Crippen LogP contribution in [0.25, 0.3) is 0 Å². The van der Waals surface area contributed by atoms with Crippen molar-refractivity contribution in [1.82, 2.24) is 14.5 Å². The molecule has 0 saturated carbocycles. The fourth-order valence-electron chi connectivity index (χ4n) is 4.25. The Hall–Kier alpha value is -3.00. The van der Waals surface area contributed by atoms with Crippen molar-refractivity contribution in [2.24, 2.45) is 23.8 Å². The van der Waals surface area contributed by atoms with Crippen molar-refractivity contribution >= 4 is 17.5 Å². The maximum absolute atomic E-state index is 13.3. The maximum Gasteiger partial charge on any atom is 0.257 e. The van der Waals surface area contributed by atoms with Gasteiger partial charge in [-0.3, -0.25) is 14.5 Å². The largest absolute Gasteiger partial charge is 0.369 e. The molecule has 0 spiro atoms. The number of hydrazone groups is 1. The van der Waals surface area contributed by atoms with Crippen molar-refractivity contribution in [2.45, 2.75) is 25.3 Å². The topological polar surface area (TPSA) is 83.9 Å². The summed E-state index contributed by atoms with van der Waals surface area (Å²) < 4.78 is 15.3. The average Bonchev–Trinajstić information content (AvgIpc) is 3.35. The number of hydrogen-bond donors (Lipinski definition) is 1. The van der Waals surface area contributed by atoms with E-state index in [2.05, 4.69) is 10.0 Å². The van der Waals surface area contributed by atoms with Crippen LogP contribution in [0.1, 0.15) is 36.6 Å². The zero-order valence-corrected chi connectivity index (χ0v) is 17.0. The number of benzene rings is 1. The van der Waals surface area contributed by atoms with Crippen molar-refractivity contribution in [3.8, 4) is 0 Å². The Morgan fingerprint density at radius 3 is 2.47 bits per heavy atom. The molecule has 1 atom stereocenters. The first-order valence-electron chi connectivity index (χ1n) is 10.2. The molecule has 1 fully saturated rings. The molecule has 1 saturated heterocycles. The number of piperidine rings is 1. The summed E-state index contributed by atoms with van der Waals surface area (Å²) >= 11 is 0. The highest BCUT2D eigenvalue weighted by Gasteiger charge is 2.35.